The lowest BCUT2D eigenvalue weighted by Gasteiger charge is -2.24. The van der Waals surface area contributed by atoms with Crippen LogP contribution in [0.2, 0.25) is 0 Å². The maximum atomic E-state index is 12.6. The second-order valence-electron chi connectivity index (χ2n) is 7.03. The summed E-state index contributed by atoms with van der Waals surface area (Å²) in [4.78, 5) is 25.4. The number of thioether (sulfide) groups is 1. The van der Waals surface area contributed by atoms with Crippen molar-refractivity contribution in [2.75, 3.05) is 17.2 Å². The van der Waals surface area contributed by atoms with Crippen molar-refractivity contribution in [3.8, 4) is 0 Å². The number of hydrogen-bond acceptors (Lipinski definition) is 4. The van der Waals surface area contributed by atoms with Crippen molar-refractivity contribution in [1.82, 2.24) is 5.32 Å². The third-order valence-electron chi connectivity index (χ3n) is 4.59. The molecule has 0 spiro atoms. The Bertz CT molecular complexity index is 823. The van der Waals surface area contributed by atoms with Crippen LogP contribution in [0.15, 0.2) is 53.4 Å². The monoisotopic (exact) mass is 383 g/mol. The summed E-state index contributed by atoms with van der Waals surface area (Å²) in [5.74, 6) is 0.180. The number of carbonyl (C=O) groups excluding carboxylic acids is 2. The molecular formula is C21H25N3O2S. The molecule has 0 saturated heterocycles. The second kappa shape index (κ2) is 8.48. The molecule has 5 nitrogen and oxygen atoms in total. The first-order valence-electron chi connectivity index (χ1n) is 9.15. The van der Waals surface area contributed by atoms with Crippen molar-refractivity contribution in [3.63, 3.8) is 0 Å². The van der Waals surface area contributed by atoms with Gasteiger partial charge in [-0.15, -0.1) is 11.8 Å². The standard InChI is InChI=1S/C21H25N3O2S/c1-13(2)18(23-16-7-5-4-6-8-16)12-22-21(26)15-9-10-19-17(11-15)24-20(25)14(3)27-19/h4-11,13-14,18,23H,12H2,1-3H3,(H,22,26)(H,24,25)/t14-,18+/m1/s1. The molecule has 0 bridgehead atoms. The number of nitrogens with one attached hydrogen (secondary N) is 3. The van der Waals surface area contributed by atoms with E-state index in [1.54, 1.807) is 12.1 Å². The molecule has 0 saturated carbocycles. The minimum Gasteiger partial charge on any atom is -0.380 e. The van der Waals surface area contributed by atoms with Gasteiger partial charge in [-0.2, -0.15) is 0 Å². The van der Waals surface area contributed by atoms with E-state index in [0.717, 1.165) is 10.6 Å². The van der Waals surface area contributed by atoms with Crippen molar-refractivity contribution in [3.05, 3.63) is 54.1 Å². The first-order chi connectivity index (χ1) is 12.9. The van der Waals surface area contributed by atoms with Crippen LogP contribution in [0.5, 0.6) is 0 Å². The molecule has 2 atom stereocenters. The maximum Gasteiger partial charge on any atom is 0.251 e. The number of rotatable bonds is 6. The Morgan fingerprint density at radius 1 is 1.19 bits per heavy atom. The molecule has 2 aromatic carbocycles. The summed E-state index contributed by atoms with van der Waals surface area (Å²) in [6.07, 6.45) is 0. The summed E-state index contributed by atoms with van der Waals surface area (Å²) < 4.78 is 0. The molecule has 6 heteroatoms. The van der Waals surface area contributed by atoms with Crippen LogP contribution in [0.4, 0.5) is 11.4 Å². The van der Waals surface area contributed by atoms with Crippen LogP contribution in [-0.2, 0) is 4.79 Å². The lowest BCUT2D eigenvalue weighted by molar-refractivity contribution is -0.115. The van der Waals surface area contributed by atoms with Gasteiger partial charge in [0.2, 0.25) is 5.91 Å². The minimum absolute atomic E-state index is 0.0306. The molecule has 0 aromatic heterocycles. The zero-order valence-corrected chi connectivity index (χ0v) is 16.6. The normalized spacial score (nSPS) is 17.0. The van der Waals surface area contributed by atoms with E-state index in [1.807, 2.05) is 43.3 Å². The molecule has 0 unspecified atom stereocenters. The van der Waals surface area contributed by atoms with Gasteiger partial charge in [0.1, 0.15) is 0 Å². The zero-order valence-electron chi connectivity index (χ0n) is 15.8. The molecule has 0 radical (unpaired) electrons. The average Bonchev–Trinajstić information content (AvgIpc) is 2.66. The Morgan fingerprint density at radius 3 is 2.63 bits per heavy atom. The zero-order chi connectivity index (χ0) is 19.4. The molecule has 2 aromatic rings. The van der Waals surface area contributed by atoms with Gasteiger partial charge in [-0.3, -0.25) is 9.59 Å². The van der Waals surface area contributed by atoms with Gasteiger partial charge in [0.25, 0.3) is 5.91 Å². The van der Waals surface area contributed by atoms with Gasteiger partial charge in [-0.1, -0.05) is 32.0 Å². The molecule has 2 amide bonds. The van der Waals surface area contributed by atoms with Crippen molar-refractivity contribution in [2.45, 2.75) is 37.0 Å². The van der Waals surface area contributed by atoms with Gasteiger partial charge in [-0.05, 0) is 43.2 Å². The van der Waals surface area contributed by atoms with E-state index in [0.29, 0.717) is 23.7 Å². The first kappa shape index (κ1) is 19.3. The van der Waals surface area contributed by atoms with E-state index in [-0.39, 0.29) is 23.1 Å². The fourth-order valence-electron chi connectivity index (χ4n) is 2.86. The second-order valence-corrected chi connectivity index (χ2v) is 8.41. The molecule has 1 aliphatic rings. The predicted octanol–water partition coefficient (Wildman–Crippen LogP) is 3.99. The van der Waals surface area contributed by atoms with Crippen molar-refractivity contribution < 1.29 is 9.59 Å². The number of para-hydroxylation sites is 1. The smallest absolute Gasteiger partial charge is 0.251 e. The first-order valence-corrected chi connectivity index (χ1v) is 10.0. The van der Waals surface area contributed by atoms with Crippen LogP contribution in [0, 0.1) is 5.92 Å². The topological polar surface area (TPSA) is 70.2 Å². The summed E-state index contributed by atoms with van der Waals surface area (Å²) in [6, 6.07) is 15.5. The van der Waals surface area contributed by atoms with Gasteiger partial charge in [0.15, 0.2) is 0 Å². The lowest BCUT2D eigenvalue weighted by atomic mass is 10.0. The van der Waals surface area contributed by atoms with Crippen LogP contribution in [0.25, 0.3) is 0 Å². The summed E-state index contributed by atoms with van der Waals surface area (Å²) in [6.45, 7) is 6.63. The van der Waals surface area contributed by atoms with E-state index < -0.39 is 0 Å². The Labute approximate surface area is 164 Å². The van der Waals surface area contributed by atoms with Gasteiger partial charge in [-0.25, -0.2) is 0 Å². The molecule has 27 heavy (non-hydrogen) atoms. The van der Waals surface area contributed by atoms with E-state index in [1.165, 1.54) is 11.8 Å². The minimum atomic E-state index is -0.142. The van der Waals surface area contributed by atoms with Gasteiger partial charge >= 0.3 is 0 Å². The van der Waals surface area contributed by atoms with Crippen molar-refractivity contribution in [2.24, 2.45) is 5.92 Å². The predicted molar refractivity (Wildman–Crippen MR) is 111 cm³/mol. The van der Waals surface area contributed by atoms with E-state index in [9.17, 15) is 9.59 Å². The van der Waals surface area contributed by atoms with Gasteiger partial charge < -0.3 is 16.0 Å². The van der Waals surface area contributed by atoms with Gasteiger partial charge in [0.05, 0.1) is 10.9 Å². The van der Waals surface area contributed by atoms with Crippen LogP contribution >= 0.6 is 11.8 Å². The highest BCUT2D eigenvalue weighted by molar-refractivity contribution is 8.00. The summed E-state index contributed by atoms with van der Waals surface area (Å²) in [5.41, 5.74) is 2.29. The summed E-state index contributed by atoms with van der Waals surface area (Å²) >= 11 is 1.51. The van der Waals surface area contributed by atoms with Crippen molar-refractivity contribution in [1.29, 1.82) is 0 Å². The number of carbonyl (C=O) groups is 2. The van der Waals surface area contributed by atoms with Crippen LogP contribution in [-0.4, -0.2) is 29.7 Å². The number of benzene rings is 2. The van der Waals surface area contributed by atoms with Crippen LogP contribution in [0.3, 0.4) is 0 Å². The SMILES string of the molecule is CC(C)[C@H](CNC(=O)c1ccc2c(c1)NC(=O)[C@@H](C)S2)Nc1ccccc1. The highest BCUT2D eigenvalue weighted by Crippen LogP contribution is 2.35. The highest BCUT2D eigenvalue weighted by Gasteiger charge is 2.24. The van der Waals surface area contributed by atoms with Crippen molar-refractivity contribution >= 4 is 35.0 Å². The molecular weight excluding hydrogens is 358 g/mol. The third kappa shape index (κ3) is 4.83. The number of fused-ring (bicyclic) bond motifs is 1. The Balaban J connectivity index is 1.64. The Hall–Kier alpha value is -2.47. The van der Waals surface area contributed by atoms with Gasteiger partial charge in [0, 0.05) is 28.7 Å². The molecule has 3 N–H and O–H groups in total. The molecule has 3 rings (SSSR count). The fourth-order valence-corrected chi connectivity index (χ4v) is 3.79. The molecule has 1 aliphatic heterocycles. The average molecular weight is 384 g/mol. The number of anilines is 2. The lowest BCUT2D eigenvalue weighted by Crippen LogP contribution is -2.39. The molecule has 142 valence electrons. The quantitative estimate of drug-likeness (QED) is 0.705. The number of amides is 2. The maximum absolute atomic E-state index is 12.6. The van der Waals surface area contributed by atoms with Crippen LogP contribution < -0.4 is 16.0 Å². The summed E-state index contributed by atoms with van der Waals surface area (Å²) in [5, 5.41) is 9.23. The molecule has 1 heterocycles. The fraction of sp³-hybridized carbons (Fsp3) is 0.333. The summed E-state index contributed by atoms with van der Waals surface area (Å²) in [7, 11) is 0. The number of hydrogen-bond donors (Lipinski definition) is 3. The van der Waals surface area contributed by atoms with E-state index in [2.05, 4.69) is 29.8 Å². The Morgan fingerprint density at radius 2 is 1.93 bits per heavy atom. The van der Waals surface area contributed by atoms with E-state index in [4.69, 9.17) is 0 Å². The Kier molecular flexibility index (Phi) is 6.06. The highest BCUT2D eigenvalue weighted by atomic mass is 32.2. The van der Waals surface area contributed by atoms with E-state index >= 15 is 0 Å². The largest absolute Gasteiger partial charge is 0.380 e. The molecule has 0 aliphatic carbocycles. The van der Waals surface area contributed by atoms with Crippen LogP contribution in [0.1, 0.15) is 31.1 Å². The molecule has 0 fully saturated rings. The third-order valence-corrected chi connectivity index (χ3v) is 5.76.